The molecule has 1 aliphatic rings. The number of fused-ring (bicyclic) bond motifs is 1. The molecule has 0 aromatic carbocycles. The second-order valence-electron chi connectivity index (χ2n) is 11.1. The van der Waals surface area contributed by atoms with Crippen molar-refractivity contribution in [2.45, 2.75) is 64.9 Å². The van der Waals surface area contributed by atoms with E-state index in [1.165, 1.54) is 15.8 Å². The van der Waals surface area contributed by atoms with E-state index in [2.05, 4.69) is 36.8 Å². The van der Waals surface area contributed by atoms with Gasteiger partial charge in [0.15, 0.2) is 11.5 Å². The summed E-state index contributed by atoms with van der Waals surface area (Å²) in [6, 6.07) is 5.19. The third-order valence-electron chi connectivity index (χ3n) is 6.37. The number of amides is 1. The second-order valence-corrected chi connectivity index (χ2v) is 11.1. The average Bonchev–Trinajstić information content (AvgIpc) is 3.54. The van der Waals surface area contributed by atoms with Crippen molar-refractivity contribution in [1.82, 2.24) is 39.6 Å². The number of alkyl halides is 1. The van der Waals surface area contributed by atoms with E-state index < -0.39 is 23.9 Å². The van der Waals surface area contributed by atoms with Crippen LogP contribution in [-0.4, -0.2) is 76.6 Å². The molecular formula is C27H31FN10O2. The maximum atomic E-state index is 15.2. The Hall–Kier alpha value is -4.60. The normalized spacial score (nSPS) is 17.7. The van der Waals surface area contributed by atoms with Crippen LogP contribution in [0.3, 0.4) is 0 Å². The van der Waals surface area contributed by atoms with E-state index >= 15 is 4.39 Å². The largest absolute Gasteiger partial charge is 0.444 e. The summed E-state index contributed by atoms with van der Waals surface area (Å²) in [5.74, 6) is 0.532. The molecule has 40 heavy (non-hydrogen) atoms. The van der Waals surface area contributed by atoms with Crippen LogP contribution in [0.5, 0.6) is 0 Å². The third kappa shape index (κ3) is 5.56. The van der Waals surface area contributed by atoms with Crippen LogP contribution in [0.2, 0.25) is 0 Å². The molecule has 4 aromatic heterocycles. The summed E-state index contributed by atoms with van der Waals surface area (Å²) >= 11 is 0. The number of nitrogens with zero attached hydrogens (tertiary/aromatic N) is 9. The number of anilines is 1. The summed E-state index contributed by atoms with van der Waals surface area (Å²) in [6.45, 7) is 9.66. The van der Waals surface area contributed by atoms with Gasteiger partial charge in [0.05, 0.1) is 30.5 Å². The van der Waals surface area contributed by atoms with Crippen LogP contribution >= 0.6 is 0 Å². The Morgan fingerprint density at radius 1 is 1.23 bits per heavy atom. The van der Waals surface area contributed by atoms with Crippen LogP contribution < -0.4 is 5.32 Å². The molecular weight excluding hydrogens is 515 g/mol. The average molecular weight is 547 g/mol. The first-order chi connectivity index (χ1) is 19.0. The van der Waals surface area contributed by atoms with Crippen molar-refractivity contribution in [3.05, 3.63) is 42.5 Å². The number of hydrogen-bond donors (Lipinski definition) is 1. The quantitative estimate of drug-likeness (QED) is 0.388. The highest BCUT2D eigenvalue weighted by Gasteiger charge is 2.35. The minimum absolute atomic E-state index is 0.0765. The monoisotopic (exact) mass is 546 g/mol. The van der Waals surface area contributed by atoms with Gasteiger partial charge in [-0.3, -0.25) is 0 Å². The topological polar surface area (TPSA) is 140 Å². The maximum Gasteiger partial charge on any atom is 0.410 e. The van der Waals surface area contributed by atoms with Gasteiger partial charge in [0.1, 0.15) is 23.5 Å². The summed E-state index contributed by atoms with van der Waals surface area (Å²) in [6.07, 6.45) is 5.05. The third-order valence-corrected chi connectivity index (χ3v) is 6.37. The van der Waals surface area contributed by atoms with Crippen molar-refractivity contribution in [3.8, 4) is 23.1 Å². The van der Waals surface area contributed by atoms with E-state index in [0.717, 1.165) is 11.1 Å². The Labute approximate surface area is 230 Å². The number of ether oxygens (including phenoxy) is 1. The summed E-state index contributed by atoms with van der Waals surface area (Å²) < 4.78 is 23.8. The van der Waals surface area contributed by atoms with Crippen molar-refractivity contribution >= 4 is 22.8 Å². The van der Waals surface area contributed by atoms with Crippen LogP contribution in [0.4, 0.5) is 14.9 Å². The number of aromatic nitrogens is 7. The molecule has 0 bridgehead atoms. The lowest BCUT2D eigenvalue weighted by Crippen LogP contribution is -2.47. The molecule has 12 nitrogen and oxygen atoms in total. The van der Waals surface area contributed by atoms with Crippen LogP contribution in [0.1, 0.15) is 52.6 Å². The number of hydrogen-bond acceptors (Lipinski definition) is 9. The highest BCUT2D eigenvalue weighted by Crippen LogP contribution is 2.31. The summed E-state index contributed by atoms with van der Waals surface area (Å²) in [5.41, 5.74) is 2.36. The summed E-state index contributed by atoms with van der Waals surface area (Å²) in [5, 5.41) is 26.3. The maximum absolute atomic E-state index is 15.2. The van der Waals surface area contributed by atoms with Gasteiger partial charge in [-0.15, -0.1) is 5.10 Å². The molecule has 0 spiro atoms. The fraction of sp³-hybridized carbons (Fsp3) is 0.444. The number of piperidine rings is 1. The zero-order chi connectivity index (χ0) is 28.6. The van der Waals surface area contributed by atoms with Gasteiger partial charge in [-0.1, -0.05) is 5.21 Å². The van der Waals surface area contributed by atoms with Gasteiger partial charge in [-0.25, -0.2) is 23.8 Å². The highest BCUT2D eigenvalue weighted by atomic mass is 19.1. The lowest BCUT2D eigenvalue weighted by Gasteiger charge is -2.35. The van der Waals surface area contributed by atoms with E-state index in [9.17, 15) is 4.79 Å². The molecule has 2 unspecified atom stereocenters. The van der Waals surface area contributed by atoms with Gasteiger partial charge >= 0.3 is 6.09 Å². The number of halogens is 1. The molecule has 0 radical (unpaired) electrons. The van der Waals surface area contributed by atoms with Crippen molar-refractivity contribution in [1.29, 1.82) is 5.26 Å². The molecule has 1 saturated heterocycles. The number of nitriles is 1. The van der Waals surface area contributed by atoms with E-state index in [1.807, 2.05) is 19.9 Å². The Morgan fingerprint density at radius 2 is 2.02 bits per heavy atom. The molecule has 1 N–H and O–H groups in total. The van der Waals surface area contributed by atoms with E-state index in [1.54, 1.807) is 50.1 Å². The molecule has 4 aromatic rings. The first kappa shape index (κ1) is 27.0. The van der Waals surface area contributed by atoms with Gasteiger partial charge in [-0.05, 0) is 47.1 Å². The minimum atomic E-state index is -1.33. The minimum Gasteiger partial charge on any atom is -0.444 e. The predicted octanol–water partition coefficient (Wildman–Crippen LogP) is 4.29. The van der Waals surface area contributed by atoms with Crippen LogP contribution in [0.15, 0.2) is 36.9 Å². The van der Waals surface area contributed by atoms with Crippen molar-refractivity contribution in [3.63, 3.8) is 0 Å². The molecule has 1 amide bonds. The molecule has 5 heterocycles. The van der Waals surface area contributed by atoms with Crippen molar-refractivity contribution in [2.24, 2.45) is 0 Å². The lowest BCUT2D eigenvalue weighted by molar-refractivity contribution is 0.00561. The van der Waals surface area contributed by atoms with Crippen LogP contribution in [-0.2, 0) is 4.74 Å². The molecule has 1 aliphatic heterocycles. The van der Waals surface area contributed by atoms with Crippen LogP contribution in [0.25, 0.3) is 28.1 Å². The fourth-order valence-electron chi connectivity index (χ4n) is 4.59. The van der Waals surface area contributed by atoms with E-state index in [0.29, 0.717) is 41.3 Å². The van der Waals surface area contributed by atoms with Gasteiger partial charge in [0, 0.05) is 47.7 Å². The molecule has 13 heteroatoms. The summed E-state index contributed by atoms with van der Waals surface area (Å²) in [7, 11) is 0. The smallest absolute Gasteiger partial charge is 0.410 e. The molecule has 5 rings (SSSR count). The number of nitrogens with one attached hydrogen (secondary N) is 1. The van der Waals surface area contributed by atoms with Gasteiger partial charge in [0.2, 0.25) is 0 Å². The Bertz CT molecular complexity index is 1580. The molecule has 0 saturated carbocycles. The van der Waals surface area contributed by atoms with E-state index in [4.69, 9.17) is 10.00 Å². The predicted molar refractivity (Wildman–Crippen MR) is 146 cm³/mol. The SMILES string of the molecule is CC(C)Nc1cc(-n2ncc3cc(C#N)cnc32)ncc1-c1cn(C2CCN(C(=O)OC(C)(C)C)CC2F)nn1. The van der Waals surface area contributed by atoms with Gasteiger partial charge in [0.25, 0.3) is 0 Å². The first-order valence-electron chi connectivity index (χ1n) is 13.1. The molecule has 1 fully saturated rings. The number of rotatable bonds is 5. The molecule has 2 atom stereocenters. The zero-order valence-corrected chi connectivity index (χ0v) is 23.0. The Balaban J connectivity index is 1.39. The number of carbonyl (C=O) groups is 1. The van der Waals surface area contributed by atoms with Crippen molar-refractivity contribution < 1.29 is 13.9 Å². The second kappa shape index (κ2) is 10.5. The van der Waals surface area contributed by atoms with Crippen LogP contribution in [0, 0.1) is 11.3 Å². The zero-order valence-electron chi connectivity index (χ0n) is 23.0. The fourth-order valence-corrected chi connectivity index (χ4v) is 4.59. The molecule has 208 valence electrons. The van der Waals surface area contributed by atoms with Gasteiger partial charge < -0.3 is 15.0 Å². The first-order valence-corrected chi connectivity index (χ1v) is 13.1. The number of carbonyl (C=O) groups excluding carboxylic acids is 1. The van der Waals surface area contributed by atoms with E-state index in [-0.39, 0.29) is 12.6 Å². The standard InChI is InChI=1S/C27H31FN10O2/c1-16(2)33-21-9-24(38-25-18(12-32-38)8-17(10-29)11-31-25)30-13-19(21)22-15-37(35-34-22)23-6-7-36(14-20(23)28)26(39)40-27(3,4)5/h8-9,11-13,15-16,20,23H,6-7,14H2,1-5H3,(H,30,33). The van der Waals surface area contributed by atoms with Gasteiger partial charge in [-0.2, -0.15) is 15.0 Å². The number of pyridine rings is 2. The Morgan fingerprint density at radius 3 is 2.73 bits per heavy atom. The number of likely N-dealkylation sites (tertiary alicyclic amines) is 1. The summed E-state index contributed by atoms with van der Waals surface area (Å²) in [4.78, 5) is 22.8. The Kier molecular flexibility index (Phi) is 7.10. The molecule has 0 aliphatic carbocycles. The lowest BCUT2D eigenvalue weighted by atomic mass is 10.0. The highest BCUT2D eigenvalue weighted by molar-refractivity contribution is 5.79. The van der Waals surface area contributed by atoms with Crippen molar-refractivity contribution in [2.75, 3.05) is 18.4 Å².